The van der Waals surface area contributed by atoms with Crippen molar-refractivity contribution in [2.45, 2.75) is 39.2 Å². The lowest BCUT2D eigenvalue weighted by molar-refractivity contribution is -0.131. The van der Waals surface area contributed by atoms with Crippen LogP contribution >= 0.6 is 0 Å². The summed E-state index contributed by atoms with van der Waals surface area (Å²) in [6.45, 7) is 4.99. The maximum atomic E-state index is 12.6. The Hall–Kier alpha value is -2.83. The van der Waals surface area contributed by atoms with Crippen LogP contribution in [0.5, 0.6) is 0 Å². The molecule has 3 aromatic rings. The maximum Gasteiger partial charge on any atom is 0.326 e. The SMILES string of the molecule is Cc1noc(C)c1CC(=O)N1CCC(n2c(=O)[nH]c3ccccc32)CC1. The summed E-state index contributed by atoms with van der Waals surface area (Å²) in [6.07, 6.45) is 1.86. The first kappa shape index (κ1) is 16.6. The van der Waals surface area contributed by atoms with Crippen LogP contribution in [0.4, 0.5) is 0 Å². The highest BCUT2D eigenvalue weighted by Crippen LogP contribution is 2.25. The molecule has 0 bridgehead atoms. The van der Waals surface area contributed by atoms with Crippen LogP contribution in [-0.4, -0.2) is 38.6 Å². The van der Waals surface area contributed by atoms with Crippen molar-refractivity contribution in [3.8, 4) is 0 Å². The minimum atomic E-state index is -0.0771. The van der Waals surface area contributed by atoms with Crippen LogP contribution in [0.3, 0.4) is 0 Å². The summed E-state index contributed by atoms with van der Waals surface area (Å²) in [6, 6.07) is 7.84. The molecule has 1 N–H and O–H groups in total. The third-order valence-corrected chi connectivity index (χ3v) is 5.32. The number of nitrogens with one attached hydrogen (secondary N) is 1. The van der Waals surface area contributed by atoms with Gasteiger partial charge in [0.05, 0.1) is 23.1 Å². The van der Waals surface area contributed by atoms with E-state index in [0.29, 0.717) is 25.3 Å². The number of likely N-dealkylation sites (tertiary alicyclic amines) is 1. The van der Waals surface area contributed by atoms with Crippen LogP contribution in [0.25, 0.3) is 11.0 Å². The van der Waals surface area contributed by atoms with E-state index in [2.05, 4.69) is 10.1 Å². The first-order chi connectivity index (χ1) is 12.5. The minimum Gasteiger partial charge on any atom is -0.361 e. The first-order valence-electron chi connectivity index (χ1n) is 8.93. The summed E-state index contributed by atoms with van der Waals surface area (Å²) in [5.41, 5.74) is 3.36. The molecule has 1 saturated heterocycles. The van der Waals surface area contributed by atoms with Crippen molar-refractivity contribution in [1.82, 2.24) is 19.6 Å². The highest BCUT2D eigenvalue weighted by Gasteiger charge is 2.27. The number of aromatic nitrogens is 3. The second kappa shape index (κ2) is 6.48. The maximum absolute atomic E-state index is 12.6. The Morgan fingerprint density at radius 1 is 1.27 bits per heavy atom. The molecule has 136 valence electrons. The number of rotatable bonds is 3. The van der Waals surface area contributed by atoms with E-state index in [9.17, 15) is 9.59 Å². The van der Waals surface area contributed by atoms with Gasteiger partial charge in [-0.25, -0.2) is 4.79 Å². The molecule has 7 nitrogen and oxygen atoms in total. The molecule has 0 unspecified atom stereocenters. The molecule has 1 aromatic carbocycles. The van der Waals surface area contributed by atoms with Crippen LogP contribution in [0.15, 0.2) is 33.6 Å². The zero-order valence-electron chi connectivity index (χ0n) is 15.0. The lowest BCUT2D eigenvalue weighted by Crippen LogP contribution is -2.41. The Labute approximate surface area is 150 Å². The topological polar surface area (TPSA) is 84.1 Å². The van der Waals surface area contributed by atoms with Crippen LogP contribution in [0.2, 0.25) is 0 Å². The molecule has 2 aromatic heterocycles. The van der Waals surface area contributed by atoms with E-state index < -0.39 is 0 Å². The van der Waals surface area contributed by atoms with Gasteiger partial charge in [0.15, 0.2) is 0 Å². The Morgan fingerprint density at radius 2 is 2.00 bits per heavy atom. The summed E-state index contributed by atoms with van der Waals surface area (Å²) in [4.78, 5) is 29.8. The Bertz CT molecular complexity index is 986. The van der Waals surface area contributed by atoms with E-state index >= 15 is 0 Å². The van der Waals surface area contributed by atoms with Crippen molar-refractivity contribution in [3.63, 3.8) is 0 Å². The smallest absolute Gasteiger partial charge is 0.326 e. The lowest BCUT2D eigenvalue weighted by atomic mass is 10.0. The number of carbonyl (C=O) groups is 1. The molecule has 0 atom stereocenters. The molecule has 26 heavy (non-hydrogen) atoms. The number of aryl methyl sites for hydroxylation is 2. The quantitative estimate of drug-likeness (QED) is 0.782. The average molecular weight is 354 g/mol. The standard InChI is InChI=1S/C19H22N4O3/c1-12-15(13(2)26-21-12)11-18(24)22-9-7-14(8-10-22)23-17-6-4-3-5-16(17)20-19(23)25/h3-6,14H,7-11H2,1-2H3,(H,20,25). The predicted molar refractivity (Wildman–Crippen MR) is 97.1 cm³/mol. The second-order valence-corrected chi connectivity index (χ2v) is 6.91. The number of carbonyl (C=O) groups excluding carboxylic acids is 1. The minimum absolute atomic E-state index is 0.0771. The summed E-state index contributed by atoms with van der Waals surface area (Å²) in [7, 11) is 0. The normalized spacial score (nSPS) is 15.7. The number of fused-ring (bicyclic) bond motifs is 1. The van der Waals surface area contributed by atoms with Gasteiger partial charge in [0.1, 0.15) is 5.76 Å². The van der Waals surface area contributed by atoms with Crippen LogP contribution in [0.1, 0.15) is 35.9 Å². The predicted octanol–water partition coefficient (Wildman–Crippen LogP) is 2.34. The molecule has 1 aliphatic rings. The molecule has 0 radical (unpaired) electrons. The number of imidazole rings is 1. The molecule has 1 amide bonds. The molecule has 7 heteroatoms. The summed E-state index contributed by atoms with van der Waals surface area (Å²) in [5.74, 6) is 0.792. The number of hydrogen-bond donors (Lipinski definition) is 1. The fraction of sp³-hybridized carbons (Fsp3) is 0.421. The fourth-order valence-electron chi connectivity index (χ4n) is 3.83. The molecular weight excluding hydrogens is 332 g/mol. The Kier molecular flexibility index (Phi) is 4.14. The zero-order valence-corrected chi connectivity index (χ0v) is 15.0. The van der Waals surface area contributed by atoms with Gasteiger partial charge in [-0.1, -0.05) is 17.3 Å². The molecule has 1 fully saturated rings. The monoisotopic (exact) mass is 354 g/mol. The first-order valence-corrected chi connectivity index (χ1v) is 8.93. The van der Waals surface area contributed by atoms with Gasteiger partial charge in [-0.3, -0.25) is 9.36 Å². The Morgan fingerprint density at radius 3 is 2.69 bits per heavy atom. The molecule has 0 aliphatic carbocycles. The van der Waals surface area contributed by atoms with E-state index in [1.54, 1.807) is 0 Å². The largest absolute Gasteiger partial charge is 0.361 e. The highest BCUT2D eigenvalue weighted by atomic mass is 16.5. The van der Waals surface area contributed by atoms with Gasteiger partial charge in [0.25, 0.3) is 0 Å². The number of aromatic amines is 1. The van der Waals surface area contributed by atoms with Crippen molar-refractivity contribution in [2.24, 2.45) is 0 Å². The number of hydrogen-bond acceptors (Lipinski definition) is 4. The molecule has 1 aliphatic heterocycles. The van der Waals surface area contributed by atoms with Crippen molar-refractivity contribution in [3.05, 3.63) is 51.8 Å². The fourth-order valence-corrected chi connectivity index (χ4v) is 3.83. The van der Waals surface area contributed by atoms with Crippen LogP contribution in [-0.2, 0) is 11.2 Å². The van der Waals surface area contributed by atoms with Gasteiger partial charge >= 0.3 is 5.69 Å². The third-order valence-electron chi connectivity index (χ3n) is 5.32. The summed E-state index contributed by atoms with van der Waals surface area (Å²) < 4.78 is 6.98. The molecule has 0 spiro atoms. The number of nitrogens with zero attached hydrogens (tertiary/aromatic N) is 3. The van der Waals surface area contributed by atoms with E-state index in [0.717, 1.165) is 35.1 Å². The summed E-state index contributed by atoms with van der Waals surface area (Å²) >= 11 is 0. The van der Waals surface area contributed by atoms with Crippen molar-refractivity contribution in [1.29, 1.82) is 0 Å². The van der Waals surface area contributed by atoms with Gasteiger partial charge in [-0.2, -0.15) is 0 Å². The van der Waals surface area contributed by atoms with E-state index in [4.69, 9.17) is 4.52 Å². The zero-order chi connectivity index (χ0) is 18.3. The number of piperidine rings is 1. The van der Waals surface area contributed by atoms with Gasteiger partial charge in [-0.05, 0) is 38.8 Å². The molecule has 0 saturated carbocycles. The molecular formula is C19H22N4O3. The van der Waals surface area contributed by atoms with Gasteiger partial charge < -0.3 is 14.4 Å². The highest BCUT2D eigenvalue weighted by molar-refractivity contribution is 5.79. The van der Waals surface area contributed by atoms with Crippen molar-refractivity contribution >= 4 is 16.9 Å². The molecule has 3 heterocycles. The number of benzene rings is 1. The van der Waals surface area contributed by atoms with Gasteiger partial charge in [0, 0.05) is 24.7 Å². The van der Waals surface area contributed by atoms with Crippen LogP contribution in [0, 0.1) is 13.8 Å². The number of H-pyrrole nitrogens is 1. The Balaban J connectivity index is 1.46. The van der Waals surface area contributed by atoms with E-state index in [1.165, 1.54) is 0 Å². The average Bonchev–Trinajstić information content (AvgIpc) is 3.14. The van der Waals surface area contributed by atoms with E-state index in [-0.39, 0.29) is 17.6 Å². The van der Waals surface area contributed by atoms with Gasteiger partial charge in [0.2, 0.25) is 5.91 Å². The van der Waals surface area contributed by atoms with Crippen LogP contribution < -0.4 is 5.69 Å². The van der Waals surface area contributed by atoms with Gasteiger partial charge in [-0.15, -0.1) is 0 Å². The van der Waals surface area contributed by atoms with E-state index in [1.807, 2.05) is 47.6 Å². The lowest BCUT2D eigenvalue weighted by Gasteiger charge is -2.32. The second-order valence-electron chi connectivity index (χ2n) is 6.91. The van der Waals surface area contributed by atoms with Crippen molar-refractivity contribution < 1.29 is 9.32 Å². The number of amides is 1. The summed E-state index contributed by atoms with van der Waals surface area (Å²) in [5, 5.41) is 3.91. The number of para-hydroxylation sites is 2. The third kappa shape index (κ3) is 2.83. The van der Waals surface area contributed by atoms with Crippen molar-refractivity contribution in [2.75, 3.05) is 13.1 Å². The molecule has 4 rings (SSSR count).